The summed E-state index contributed by atoms with van der Waals surface area (Å²) < 4.78 is 5.14. The topological polar surface area (TPSA) is 66.6 Å². The average molecular weight is 232 g/mol. The molecule has 0 amide bonds. The Morgan fingerprint density at radius 2 is 2.18 bits per heavy atom. The van der Waals surface area contributed by atoms with E-state index in [0.29, 0.717) is 5.56 Å². The lowest BCUT2D eigenvalue weighted by atomic mass is 10.1. The maximum Gasteiger partial charge on any atom is 0.358 e. The second-order valence-electron chi connectivity index (χ2n) is 3.78. The van der Waals surface area contributed by atoms with Gasteiger partial charge in [0.2, 0.25) is 0 Å². The van der Waals surface area contributed by atoms with Gasteiger partial charge in [0.25, 0.3) is 0 Å². The number of carboxylic acid groups (broad SMARTS) is 1. The number of oxazole rings is 1. The molecule has 0 radical (unpaired) electrons. The molecule has 0 aliphatic rings. The van der Waals surface area contributed by atoms with Crippen LogP contribution in [0.3, 0.4) is 0 Å². The van der Waals surface area contributed by atoms with E-state index in [1.165, 1.54) is 0 Å². The van der Waals surface area contributed by atoms with Crippen LogP contribution in [0, 0.1) is 0 Å². The maximum atomic E-state index is 10.9. The summed E-state index contributed by atoms with van der Waals surface area (Å²) in [6, 6.07) is 7.42. The van der Waals surface area contributed by atoms with Gasteiger partial charge in [-0.3, -0.25) is 0 Å². The largest absolute Gasteiger partial charge is 0.476 e. The molecular formula is C12H12N2O3. The fourth-order valence-corrected chi connectivity index (χ4v) is 1.53. The molecule has 1 aromatic carbocycles. The lowest BCUT2D eigenvalue weighted by Crippen LogP contribution is -2.08. The molecule has 2 aromatic rings. The summed E-state index contributed by atoms with van der Waals surface area (Å²) in [5.41, 5.74) is 1.60. The van der Waals surface area contributed by atoms with E-state index in [1.807, 2.05) is 37.2 Å². The van der Waals surface area contributed by atoms with E-state index in [-0.39, 0.29) is 11.5 Å². The predicted molar refractivity (Wildman–Crippen MR) is 63.2 cm³/mol. The van der Waals surface area contributed by atoms with E-state index in [1.54, 1.807) is 6.07 Å². The van der Waals surface area contributed by atoms with Crippen molar-refractivity contribution in [2.75, 3.05) is 19.0 Å². The van der Waals surface area contributed by atoms with Crippen LogP contribution in [0.1, 0.15) is 10.5 Å². The van der Waals surface area contributed by atoms with Crippen molar-refractivity contribution in [1.82, 2.24) is 4.98 Å². The number of hydrogen-bond acceptors (Lipinski definition) is 4. The summed E-state index contributed by atoms with van der Waals surface area (Å²) in [7, 11) is 3.83. The number of carbonyl (C=O) groups is 1. The van der Waals surface area contributed by atoms with Crippen LogP contribution in [-0.2, 0) is 0 Å². The molecule has 0 aliphatic carbocycles. The summed E-state index contributed by atoms with van der Waals surface area (Å²) in [4.78, 5) is 16.6. The molecule has 88 valence electrons. The first-order chi connectivity index (χ1) is 8.09. The van der Waals surface area contributed by atoms with Gasteiger partial charge in [-0.1, -0.05) is 12.1 Å². The third-order valence-corrected chi connectivity index (χ3v) is 2.39. The van der Waals surface area contributed by atoms with Crippen molar-refractivity contribution in [3.05, 3.63) is 36.4 Å². The zero-order chi connectivity index (χ0) is 12.4. The standard InChI is InChI=1S/C12H12N2O3/c1-14(2)9-5-3-4-8(6-9)11-10(12(15)16)13-7-17-11/h3-7H,1-2H3,(H,15,16). The van der Waals surface area contributed by atoms with Crippen LogP contribution in [-0.4, -0.2) is 30.2 Å². The minimum Gasteiger partial charge on any atom is -0.476 e. The molecule has 1 N–H and O–H groups in total. The van der Waals surface area contributed by atoms with Gasteiger partial charge in [-0.2, -0.15) is 0 Å². The van der Waals surface area contributed by atoms with E-state index in [0.717, 1.165) is 12.1 Å². The van der Waals surface area contributed by atoms with Crippen LogP contribution >= 0.6 is 0 Å². The first-order valence-corrected chi connectivity index (χ1v) is 5.04. The van der Waals surface area contributed by atoms with Crippen LogP contribution in [0.2, 0.25) is 0 Å². The van der Waals surface area contributed by atoms with Crippen molar-refractivity contribution >= 4 is 11.7 Å². The van der Waals surface area contributed by atoms with Crippen LogP contribution in [0.4, 0.5) is 5.69 Å². The number of nitrogens with zero attached hydrogens (tertiary/aromatic N) is 2. The summed E-state index contributed by atoms with van der Waals surface area (Å²) >= 11 is 0. The summed E-state index contributed by atoms with van der Waals surface area (Å²) in [6.07, 6.45) is 1.14. The number of benzene rings is 1. The highest BCUT2D eigenvalue weighted by Gasteiger charge is 2.17. The van der Waals surface area contributed by atoms with Crippen molar-refractivity contribution in [3.8, 4) is 11.3 Å². The van der Waals surface area contributed by atoms with E-state index >= 15 is 0 Å². The molecule has 1 aromatic heterocycles. The van der Waals surface area contributed by atoms with Gasteiger partial charge in [0.1, 0.15) is 0 Å². The third-order valence-electron chi connectivity index (χ3n) is 2.39. The molecule has 0 saturated carbocycles. The van der Waals surface area contributed by atoms with Crippen LogP contribution in [0.15, 0.2) is 35.1 Å². The third kappa shape index (κ3) is 2.13. The molecule has 17 heavy (non-hydrogen) atoms. The molecule has 0 unspecified atom stereocenters. The van der Waals surface area contributed by atoms with Gasteiger partial charge in [0.15, 0.2) is 17.8 Å². The quantitative estimate of drug-likeness (QED) is 0.877. The van der Waals surface area contributed by atoms with Gasteiger partial charge in [-0.15, -0.1) is 0 Å². The Labute approximate surface area is 98.3 Å². The van der Waals surface area contributed by atoms with Gasteiger partial charge in [-0.05, 0) is 12.1 Å². The molecule has 2 rings (SSSR count). The Bertz CT molecular complexity index is 546. The number of aromatic nitrogens is 1. The van der Waals surface area contributed by atoms with E-state index in [4.69, 9.17) is 9.52 Å². The molecule has 0 spiro atoms. The summed E-state index contributed by atoms with van der Waals surface area (Å²) in [6.45, 7) is 0. The minimum absolute atomic E-state index is 0.0686. The molecule has 0 fully saturated rings. The number of aromatic carboxylic acids is 1. The van der Waals surface area contributed by atoms with E-state index in [9.17, 15) is 4.79 Å². The summed E-state index contributed by atoms with van der Waals surface area (Å²) in [5, 5.41) is 8.96. The Balaban J connectivity index is 2.49. The van der Waals surface area contributed by atoms with Gasteiger partial charge in [-0.25, -0.2) is 9.78 Å². The first-order valence-electron chi connectivity index (χ1n) is 5.04. The van der Waals surface area contributed by atoms with Crippen molar-refractivity contribution in [3.63, 3.8) is 0 Å². The number of anilines is 1. The fourth-order valence-electron chi connectivity index (χ4n) is 1.53. The van der Waals surface area contributed by atoms with Gasteiger partial charge in [0, 0.05) is 25.3 Å². The number of rotatable bonds is 3. The normalized spacial score (nSPS) is 10.2. The average Bonchev–Trinajstić information content (AvgIpc) is 2.78. The van der Waals surface area contributed by atoms with E-state index in [2.05, 4.69) is 4.98 Å². The van der Waals surface area contributed by atoms with Crippen LogP contribution < -0.4 is 4.90 Å². The molecule has 1 heterocycles. The van der Waals surface area contributed by atoms with Gasteiger partial charge >= 0.3 is 5.97 Å². The van der Waals surface area contributed by atoms with Crippen molar-refractivity contribution in [1.29, 1.82) is 0 Å². The smallest absolute Gasteiger partial charge is 0.358 e. The zero-order valence-electron chi connectivity index (χ0n) is 9.54. The zero-order valence-corrected chi connectivity index (χ0v) is 9.54. The molecule has 0 atom stereocenters. The highest BCUT2D eigenvalue weighted by Crippen LogP contribution is 2.26. The number of hydrogen-bond donors (Lipinski definition) is 1. The highest BCUT2D eigenvalue weighted by atomic mass is 16.4. The predicted octanol–water partition coefficient (Wildman–Crippen LogP) is 2.11. The first kappa shape index (κ1) is 11.2. The van der Waals surface area contributed by atoms with E-state index < -0.39 is 5.97 Å². The van der Waals surface area contributed by atoms with Crippen molar-refractivity contribution in [2.24, 2.45) is 0 Å². The Kier molecular flexibility index (Phi) is 2.82. The van der Waals surface area contributed by atoms with Gasteiger partial charge in [0.05, 0.1) is 0 Å². The molecule has 5 nitrogen and oxygen atoms in total. The second kappa shape index (κ2) is 4.29. The molecule has 5 heteroatoms. The summed E-state index contributed by atoms with van der Waals surface area (Å²) in [5.74, 6) is -0.815. The monoisotopic (exact) mass is 232 g/mol. The highest BCUT2D eigenvalue weighted by molar-refractivity contribution is 5.92. The second-order valence-corrected chi connectivity index (χ2v) is 3.78. The SMILES string of the molecule is CN(C)c1cccc(-c2ocnc2C(=O)O)c1. The Morgan fingerprint density at radius 1 is 1.41 bits per heavy atom. The van der Waals surface area contributed by atoms with Gasteiger partial charge < -0.3 is 14.4 Å². The fraction of sp³-hybridized carbons (Fsp3) is 0.167. The number of carboxylic acids is 1. The minimum atomic E-state index is -1.09. The Morgan fingerprint density at radius 3 is 2.82 bits per heavy atom. The lowest BCUT2D eigenvalue weighted by molar-refractivity contribution is 0.0691. The molecule has 0 saturated heterocycles. The molecular weight excluding hydrogens is 220 g/mol. The lowest BCUT2D eigenvalue weighted by Gasteiger charge is -2.12. The van der Waals surface area contributed by atoms with Crippen LogP contribution in [0.25, 0.3) is 11.3 Å². The van der Waals surface area contributed by atoms with Crippen molar-refractivity contribution in [2.45, 2.75) is 0 Å². The van der Waals surface area contributed by atoms with Crippen molar-refractivity contribution < 1.29 is 14.3 Å². The molecule has 0 aliphatic heterocycles. The van der Waals surface area contributed by atoms with Crippen LogP contribution in [0.5, 0.6) is 0 Å². The Hall–Kier alpha value is -2.30. The molecule has 0 bridgehead atoms. The maximum absolute atomic E-state index is 10.9.